The number of amidine groups is 1. The average molecular weight is 183 g/mol. The molecule has 0 radical (unpaired) electrons. The van der Waals surface area contributed by atoms with E-state index in [1.165, 1.54) is 0 Å². The maximum atomic E-state index is 5.70. The van der Waals surface area contributed by atoms with Gasteiger partial charge in [0, 0.05) is 28.9 Å². The Bertz CT molecular complexity index is 288. The van der Waals surface area contributed by atoms with E-state index in [0.717, 1.165) is 10.4 Å². The monoisotopic (exact) mass is 183 g/mol. The van der Waals surface area contributed by atoms with Gasteiger partial charge in [0.15, 0.2) is 0 Å². The summed E-state index contributed by atoms with van der Waals surface area (Å²) in [6, 6.07) is 2.06. The predicted molar refractivity (Wildman–Crippen MR) is 53.6 cm³/mol. The molecule has 66 valence electrons. The van der Waals surface area contributed by atoms with Crippen LogP contribution in [0.4, 0.5) is 0 Å². The summed E-state index contributed by atoms with van der Waals surface area (Å²) in [7, 11) is 1.68. The Hall–Kier alpha value is -0.870. The highest BCUT2D eigenvalue weighted by Gasteiger charge is 2.05. The fourth-order valence-corrected chi connectivity index (χ4v) is 1.72. The van der Waals surface area contributed by atoms with Gasteiger partial charge in [-0.25, -0.2) is 0 Å². The van der Waals surface area contributed by atoms with Gasteiger partial charge in [0.1, 0.15) is 5.84 Å². The topological polar surface area (TPSA) is 64.4 Å². The minimum absolute atomic E-state index is 0.0772. The zero-order chi connectivity index (χ0) is 9.14. The van der Waals surface area contributed by atoms with E-state index in [-0.39, 0.29) is 6.04 Å². The standard InChI is InChI=1S/C8H13N3S/c1-5(9)7-3-6(4-12-7)8(10)11-2/h3-5H,9H2,1-2H3,(H2,10,11)/t5-/m1/s1. The van der Waals surface area contributed by atoms with Crippen molar-refractivity contribution in [1.29, 1.82) is 0 Å². The van der Waals surface area contributed by atoms with Crippen molar-refractivity contribution < 1.29 is 0 Å². The third kappa shape index (κ3) is 1.84. The molecule has 4 heteroatoms. The lowest BCUT2D eigenvalue weighted by atomic mass is 10.2. The molecule has 1 aromatic rings. The summed E-state index contributed by atoms with van der Waals surface area (Å²) in [6.07, 6.45) is 0. The molecule has 1 heterocycles. The number of nitrogens with zero attached hydrogens (tertiary/aromatic N) is 1. The molecular weight excluding hydrogens is 170 g/mol. The molecule has 0 aliphatic heterocycles. The van der Waals surface area contributed by atoms with Crippen molar-refractivity contribution in [3.05, 3.63) is 21.9 Å². The van der Waals surface area contributed by atoms with Gasteiger partial charge in [-0.3, -0.25) is 4.99 Å². The first kappa shape index (κ1) is 9.22. The van der Waals surface area contributed by atoms with Crippen LogP contribution in [0.1, 0.15) is 23.4 Å². The Morgan fingerprint density at radius 2 is 2.33 bits per heavy atom. The molecule has 0 unspecified atom stereocenters. The van der Waals surface area contributed by atoms with E-state index in [1.54, 1.807) is 18.4 Å². The Morgan fingerprint density at radius 1 is 1.67 bits per heavy atom. The molecule has 1 rings (SSSR count). The van der Waals surface area contributed by atoms with Crippen molar-refractivity contribution in [3.8, 4) is 0 Å². The lowest BCUT2D eigenvalue weighted by Gasteiger charge is -1.98. The largest absolute Gasteiger partial charge is 0.383 e. The van der Waals surface area contributed by atoms with Crippen LogP contribution >= 0.6 is 11.3 Å². The Balaban J connectivity index is 2.92. The van der Waals surface area contributed by atoms with Gasteiger partial charge in [-0.15, -0.1) is 11.3 Å². The van der Waals surface area contributed by atoms with Crippen molar-refractivity contribution in [2.24, 2.45) is 16.5 Å². The molecule has 0 saturated carbocycles. The van der Waals surface area contributed by atoms with Gasteiger partial charge >= 0.3 is 0 Å². The number of rotatable bonds is 2. The average Bonchev–Trinajstić information content (AvgIpc) is 2.51. The molecule has 0 aliphatic rings. The summed E-state index contributed by atoms with van der Waals surface area (Å²) in [5.41, 5.74) is 12.3. The Kier molecular flexibility index (Phi) is 2.83. The minimum atomic E-state index is 0.0772. The van der Waals surface area contributed by atoms with Crippen LogP contribution in [0, 0.1) is 0 Å². The van der Waals surface area contributed by atoms with Crippen molar-refractivity contribution in [3.63, 3.8) is 0 Å². The fourth-order valence-electron chi connectivity index (χ4n) is 0.855. The molecule has 1 atom stereocenters. The van der Waals surface area contributed by atoms with Crippen LogP contribution in [0.25, 0.3) is 0 Å². The number of aliphatic imine (C=N–C) groups is 1. The van der Waals surface area contributed by atoms with Crippen molar-refractivity contribution in [1.82, 2.24) is 0 Å². The Labute approximate surface area is 76.1 Å². The van der Waals surface area contributed by atoms with Crippen LogP contribution in [0.3, 0.4) is 0 Å². The molecule has 1 aromatic heterocycles. The van der Waals surface area contributed by atoms with E-state index >= 15 is 0 Å². The van der Waals surface area contributed by atoms with E-state index in [1.807, 2.05) is 18.4 Å². The van der Waals surface area contributed by atoms with Crippen LogP contribution in [0.2, 0.25) is 0 Å². The lowest BCUT2D eigenvalue weighted by molar-refractivity contribution is 0.838. The predicted octanol–water partition coefficient (Wildman–Crippen LogP) is 1.10. The first-order chi connectivity index (χ1) is 5.65. The van der Waals surface area contributed by atoms with Crippen molar-refractivity contribution >= 4 is 17.2 Å². The van der Waals surface area contributed by atoms with Crippen LogP contribution in [0.15, 0.2) is 16.4 Å². The van der Waals surface area contributed by atoms with E-state index in [0.29, 0.717) is 5.84 Å². The van der Waals surface area contributed by atoms with E-state index in [2.05, 4.69) is 4.99 Å². The normalized spacial score (nSPS) is 14.8. The van der Waals surface area contributed by atoms with E-state index < -0.39 is 0 Å². The highest BCUT2D eigenvalue weighted by atomic mass is 32.1. The molecule has 0 spiro atoms. The maximum absolute atomic E-state index is 5.70. The van der Waals surface area contributed by atoms with Gasteiger partial charge in [0.25, 0.3) is 0 Å². The SMILES string of the molecule is CN=C(N)c1csc([C@@H](C)N)c1. The summed E-state index contributed by atoms with van der Waals surface area (Å²) in [5, 5.41) is 1.97. The molecule has 3 nitrogen and oxygen atoms in total. The van der Waals surface area contributed by atoms with Crippen LogP contribution in [-0.2, 0) is 0 Å². The third-order valence-electron chi connectivity index (χ3n) is 1.61. The fraction of sp³-hybridized carbons (Fsp3) is 0.375. The first-order valence-electron chi connectivity index (χ1n) is 3.71. The summed E-state index contributed by atoms with van der Waals surface area (Å²) in [4.78, 5) is 5.03. The van der Waals surface area contributed by atoms with Gasteiger partial charge in [0.2, 0.25) is 0 Å². The molecule has 0 saturated heterocycles. The van der Waals surface area contributed by atoms with Crippen LogP contribution < -0.4 is 11.5 Å². The summed E-state index contributed by atoms with van der Waals surface area (Å²) in [6.45, 7) is 1.95. The number of hydrogen-bond donors (Lipinski definition) is 2. The van der Waals surface area contributed by atoms with Crippen LogP contribution in [-0.4, -0.2) is 12.9 Å². The van der Waals surface area contributed by atoms with Gasteiger partial charge in [-0.05, 0) is 13.0 Å². The number of thiophene rings is 1. The number of nitrogens with two attached hydrogens (primary N) is 2. The zero-order valence-corrected chi connectivity index (χ0v) is 8.06. The second-order valence-electron chi connectivity index (χ2n) is 2.64. The van der Waals surface area contributed by atoms with Crippen molar-refractivity contribution in [2.75, 3.05) is 7.05 Å². The van der Waals surface area contributed by atoms with Gasteiger partial charge in [-0.1, -0.05) is 0 Å². The molecule has 12 heavy (non-hydrogen) atoms. The molecule has 0 amide bonds. The lowest BCUT2D eigenvalue weighted by Crippen LogP contribution is -2.11. The van der Waals surface area contributed by atoms with Crippen molar-refractivity contribution in [2.45, 2.75) is 13.0 Å². The quantitative estimate of drug-likeness (QED) is 0.532. The minimum Gasteiger partial charge on any atom is -0.383 e. The molecule has 0 bridgehead atoms. The second kappa shape index (κ2) is 3.69. The molecule has 0 aromatic carbocycles. The van der Waals surface area contributed by atoms with Gasteiger partial charge in [-0.2, -0.15) is 0 Å². The smallest absolute Gasteiger partial charge is 0.126 e. The highest BCUT2D eigenvalue weighted by Crippen LogP contribution is 2.19. The molecular formula is C8H13N3S. The zero-order valence-electron chi connectivity index (χ0n) is 7.24. The van der Waals surface area contributed by atoms with Crippen LogP contribution in [0.5, 0.6) is 0 Å². The van der Waals surface area contributed by atoms with E-state index in [9.17, 15) is 0 Å². The Morgan fingerprint density at radius 3 is 2.75 bits per heavy atom. The maximum Gasteiger partial charge on any atom is 0.126 e. The first-order valence-corrected chi connectivity index (χ1v) is 4.59. The highest BCUT2D eigenvalue weighted by molar-refractivity contribution is 7.10. The number of hydrogen-bond acceptors (Lipinski definition) is 3. The summed E-state index contributed by atoms with van der Waals surface area (Å²) < 4.78 is 0. The van der Waals surface area contributed by atoms with Gasteiger partial charge in [0.05, 0.1) is 0 Å². The molecule has 0 fully saturated rings. The van der Waals surface area contributed by atoms with E-state index in [4.69, 9.17) is 11.5 Å². The second-order valence-corrected chi connectivity index (χ2v) is 3.58. The molecule has 4 N–H and O–H groups in total. The summed E-state index contributed by atoms with van der Waals surface area (Å²) in [5.74, 6) is 0.568. The van der Waals surface area contributed by atoms with Gasteiger partial charge < -0.3 is 11.5 Å². The third-order valence-corrected chi connectivity index (χ3v) is 2.74. The summed E-state index contributed by atoms with van der Waals surface area (Å²) >= 11 is 1.62. The molecule has 0 aliphatic carbocycles.